The first-order valence-corrected chi connectivity index (χ1v) is 7.71. The fraction of sp³-hybridized carbons (Fsp3) is 0.263. The van der Waals surface area contributed by atoms with Gasteiger partial charge in [0.1, 0.15) is 0 Å². The van der Waals surface area contributed by atoms with Gasteiger partial charge in [-0.05, 0) is 11.6 Å². The second-order valence-electron chi connectivity index (χ2n) is 5.99. The Hall–Kier alpha value is -2.62. The van der Waals surface area contributed by atoms with Gasteiger partial charge in [0.25, 0.3) is 5.91 Å². The number of amides is 1. The summed E-state index contributed by atoms with van der Waals surface area (Å²) >= 11 is 0. The lowest BCUT2D eigenvalue weighted by molar-refractivity contribution is -0.145. The van der Waals surface area contributed by atoms with Gasteiger partial charge in [-0.3, -0.25) is 4.79 Å². The molecule has 1 aliphatic rings. The summed E-state index contributed by atoms with van der Waals surface area (Å²) in [5.74, 6) is -0.898. The van der Waals surface area contributed by atoms with Crippen molar-refractivity contribution in [2.45, 2.75) is 26.0 Å². The zero-order chi connectivity index (χ0) is 16.4. The van der Waals surface area contributed by atoms with Crippen LogP contribution in [-0.2, 0) is 21.7 Å². The van der Waals surface area contributed by atoms with Crippen molar-refractivity contribution in [3.63, 3.8) is 0 Å². The highest BCUT2D eigenvalue weighted by Gasteiger charge is 2.53. The highest BCUT2D eigenvalue weighted by molar-refractivity contribution is 6.02. The smallest absolute Gasteiger partial charge is 0.339 e. The number of carbonyl (C=O) groups is 2. The van der Waals surface area contributed by atoms with E-state index in [1.165, 1.54) is 0 Å². The first-order valence-electron chi connectivity index (χ1n) is 7.71. The molecule has 0 spiro atoms. The van der Waals surface area contributed by atoms with Crippen LogP contribution in [0.3, 0.4) is 0 Å². The van der Waals surface area contributed by atoms with E-state index < -0.39 is 11.6 Å². The molecule has 1 amide bonds. The lowest BCUT2D eigenvalue weighted by Gasteiger charge is -2.31. The van der Waals surface area contributed by atoms with E-state index in [4.69, 9.17) is 4.74 Å². The molecule has 1 heterocycles. The predicted molar refractivity (Wildman–Crippen MR) is 86.7 cm³/mol. The monoisotopic (exact) mass is 309 g/mol. The average molecular weight is 309 g/mol. The zero-order valence-corrected chi connectivity index (χ0v) is 13.2. The highest BCUT2D eigenvalue weighted by atomic mass is 16.6. The molecule has 118 valence electrons. The first kappa shape index (κ1) is 15.3. The van der Waals surface area contributed by atoms with Gasteiger partial charge in [0.15, 0.2) is 0 Å². The van der Waals surface area contributed by atoms with Crippen molar-refractivity contribution in [1.82, 2.24) is 5.32 Å². The molecule has 0 saturated carbocycles. The molecule has 0 saturated heterocycles. The van der Waals surface area contributed by atoms with E-state index in [1.807, 2.05) is 50.2 Å². The Morgan fingerprint density at radius 2 is 1.74 bits per heavy atom. The molecule has 1 atom stereocenters. The van der Waals surface area contributed by atoms with Crippen molar-refractivity contribution < 1.29 is 14.3 Å². The highest BCUT2D eigenvalue weighted by Crippen LogP contribution is 2.42. The molecule has 0 fully saturated rings. The minimum Gasteiger partial charge on any atom is -0.440 e. The molecule has 1 aliphatic heterocycles. The lowest BCUT2D eigenvalue weighted by Crippen LogP contribution is -2.48. The van der Waals surface area contributed by atoms with E-state index >= 15 is 0 Å². The fourth-order valence-electron chi connectivity index (χ4n) is 3.01. The van der Waals surface area contributed by atoms with Crippen LogP contribution < -0.4 is 5.32 Å². The Kier molecular flexibility index (Phi) is 3.90. The number of esters is 1. The van der Waals surface area contributed by atoms with Crippen molar-refractivity contribution in [1.29, 1.82) is 0 Å². The summed E-state index contributed by atoms with van der Waals surface area (Å²) in [6, 6.07) is 16.7. The Bertz CT molecular complexity index is 739. The molecule has 2 aromatic rings. The Balaban J connectivity index is 1.91. The lowest BCUT2D eigenvalue weighted by atomic mass is 9.82. The first-order chi connectivity index (χ1) is 11.1. The molecule has 4 heteroatoms. The van der Waals surface area contributed by atoms with Crippen LogP contribution in [-0.4, -0.2) is 11.9 Å². The SMILES string of the molecule is CC(C)C1(C(=O)NCc2ccccc2)OC(=O)c2ccccc21. The maximum absolute atomic E-state index is 12.9. The van der Waals surface area contributed by atoms with Crippen molar-refractivity contribution >= 4 is 11.9 Å². The normalized spacial score (nSPS) is 19.3. The second kappa shape index (κ2) is 5.88. The number of benzene rings is 2. The van der Waals surface area contributed by atoms with Crippen molar-refractivity contribution in [3.05, 3.63) is 71.3 Å². The van der Waals surface area contributed by atoms with Gasteiger partial charge in [0.2, 0.25) is 5.60 Å². The summed E-state index contributed by atoms with van der Waals surface area (Å²) in [5, 5.41) is 2.91. The van der Waals surface area contributed by atoms with E-state index in [-0.39, 0.29) is 11.8 Å². The molecule has 0 aliphatic carbocycles. The summed E-state index contributed by atoms with van der Waals surface area (Å²) in [4.78, 5) is 25.1. The van der Waals surface area contributed by atoms with Crippen LogP contribution in [0.4, 0.5) is 0 Å². The summed E-state index contributed by atoms with van der Waals surface area (Å²) in [5.41, 5.74) is 0.849. The molecule has 0 aromatic heterocycles. The third-order valence-corrected chi connectivity index (χ3v) is 4.25. The number of ether oxygens (including phenoxy) is 1. The van der Waals surface area contributed by atoms with Gasteiger partial charge in [0, 0.05) is 18.0 Å². The molecule has 1 N–H and O–H groups in total. The number of hydrogen-bond donors (Lipinski definition) is 1. The van der Waals surface area contributed by atoms with E-state index in [2.05, 4.69) is 5.32 Å². The maximum atomic E-state index is 12.9. The third kappa shape index (κ3) is 2.50. The van der Waals surface area contributed by atoms with Gasteiger partial charge in [-0.1, -0.05) is 62.4 Å². The number of carbonyl (C=O) groups excluding carboxylic acids is 2. The predicted octanol–water partition coefficient (Wildman–Crippen LogP) is 3.02. The van der Waals surface area contributed by atoms with Crippen LogP contribution in [0.5, 0.6) is 0 Å². The summed E-state index contributed by atoms with van der Waals surface area (Å²) < 4.78 is 5.58. The summed E-state index contributed by atoms with van der Waals surface area (Å²) in [6.07, 6.45) is 0. The van der Waals surface area contributed by atoms with Crippen LogP contribution >= 0.6 is 0 Å². The Morgan fingerprint density at radius 3 is 2.43 bits per heavy atom. The number of nitrogens with one attached hydrogen (secondary N) is 1. The minimum atomic E-state index is -1.26. The molecule has 0 bridgehead atoms. The largest absolute Gasteiger partial charge is 0.440 e. The number of hydrogen-bond acceptors (Lipinski definition) is 3. The molecule has 1 unspecified atom stereocenters. The average Bonchev–Trinajstić information content (AvgIpc) is 2.88. The summed E-state index contributed by atoms with van der Waals surface area (Å²) in [7, 11) is 0. The molecule has 0 radical (unpaired) electrons. The molecule has 2 aromatic carbocycles. The van der Waals surface area contributed by atoms with Gasteiger partial charge in [-0.25, -0.2) is 4.79 Å². The van der Waals surface area contributed by atoms with Crippen LogP contribution in [0.1, 0.15) is 35.3 Å². The van der Waals surface area contributed by atoms with E-state index in [1.54, 1.807) is 18.2 Å². The van der Waals surface area contributed by atoms with Gasteiger partial charge >= 0.3 is 5.97 Å². The molecule has 3 rings (SSSR count). The fourth-order valence-corrected chi connectivity index (χ4v) is 3.01. The molecule has 4 nitrogen and oxygen atoms in total. The zero-order valence-electron chi connectivity index (χ0n) is 13.2. The van der Waals surface area contributed by atoms with Crippen LogP contribution in [0.25, 0.3) is 0 Å². The van der Waals surface area contributed by atoms with Gasteiger partial charge < -0.3 is 10.1 Å². The second-order valence-corrected chi connectivity index (χ2v) is 5.99. The molecular weight excluding hydrogens is 290 g/mol. The topological polar surface area (TPSA) is 55.4 Å². The van der Waals surface area contributed by atoms with Crippen LogP contribution in [0, 0.1) is 5.92 Å². The Morgan fingerprint density at radius 1 is 1.09 bits per heavy atom. The summed E-state index contributed by atoms with van der Waals surface area (Å²) in [6.45, 7) is 4.17. The number of rotatable bonds is 4. The number of fused-ring (bicyclic) bond motifs is 1. The third-order valence-electron chi connectivity index (χ3n) is 4.25. The van der Waals surface area contributed by atoms with E-state index in [0.717, 1.165) is 5.56 Å². The number of cyclic esters (lactones) is 1. The van der Waals surface area contributed by atoms with Crippen molar-refractivity contribution in [3.8, 4) is 0 Å². The minimum absolute atomic E-state index is 0.175. The van der Waals surface area contributed by atoms with Gasteiger partial charge in [-0.2, -0.15) is 0 Å². The molecule has 23 heavy (non-hydrogen) atoms. The van der Waals surface area contributed by atoms with Gasteiger partial charge in [-0.15, -0.1) is 0 Å². The van der Waals surface area contributed by atoms with Crippen LogP contribution in [0.15, 0.2) is 54.6 Å². The standard InChI is InChI=1S/C19H19NO3/c1-13(2)19(16-11-7-6-10-15(16)17(21)23-19)18(22)20-12-14-8-4-3-5-9-14/h3-11,13H,12H2,1-2H3,(H,20,22). The van der Waals surface area contributed by atoms with Gasteiger partial charge in [0.05, 0.1) is 5.56 Å². The van der Waals surface area contributed by atoms with Crippen molar-refractivity contribution in [2.24, 2.45) is 5.92 Å². The van der Waals surface area contributed by atoms with E-state index in [9.17, 15) is 9.59 Å². The molecular formula is C19H19NO3. The quantitative estimate of drug-likeness (QED) is 0.883. The maximum Gasteiger partial charge on any atom is 0.339 e. The van der Waals surface area contributed by atoms with Crippen molar-refractivity contribution in [2.75, 3.05) is 0 Å². The van der Waals surface area contributed by atoms with E-state index in [0.29, 0.717) is 17.7 Å². The van der Waals surface area contributed by atoms with Crippen LogP contribution in [0.2, 0.25) is 0 Å². The Labute approximate surface area is 135 Å².